The Bertz CT molecular complexity index is 831. The second kappa shape index (κ2) is 7.14. The number of rotatable bonds is 5. The van der Waals surface area contributed by atoms with Crippen LogP contribution in [-0.4, -0.2) is 6.29 Å². The SMILES string of the molecule is Cc1cc(C)cc(-c2ccc(OCc3ccccc3)c(C=O)c2)c1. The van der Waals surface area contributed by atoms with E-state index in [0.717, 1.165) is 23.0 Å². The fraction of sp³-hybridized carbons (Fsp3) is 0.136. The van der Waals surface area contributed by atoms with E-state index in [0.29, 0.717) is 17.9 Å². The summed E-state index contributed by atoms with van der Waals surface area (Å²) in [6, 6.07) is 22.1. The summed E-state index contributed by atoms with van der Waals surface area (Å²) in [7, 11) is 0. The van der Waals surface area contributed by atoms with Crippen LogP contribution in [-0.2, 0) is 6.61 Å². The van der Waals surface area contributed by atoms with Crippen molar-refractivity contribution in [2.45, 2.75) is 20.5 Å². The van der Waals surface area contributed by atoms with Crippen LogP contribution in [0.1, 0.15) is 27.0 Å². The topological polar surface area (TPSA) is 26.3 Å². The highest BCUT2D eigenvalue weighted by Gasteiger charge is 2.07. The highest BCUT2D eigenvalue weighted by Crippen LogP contribution is 2.28. The molecule has 2 nitrogen and oxygen atoms in total. The molecule has 0 spiro atoms. The van der Waals surface area contributed by atoms with Gasteiger partial charge in [0, 0.05) is 0 Å². The fourth-order valence-corrected chi connectivity index (χ4v) is 2.83. The van der Waals surface area contributed by atoms with E-state index in [-0.39, 0.29) is 0 Å². The maximum absolute atomic E-state index is 11.5. The van der Waals surface area contributed by atoms with Crippen molar-refractivity contribution in [2.24, 2.45) is 0 Å². The molecule has 2 heteroatoms. The van der Waals surface area contributed by atoms with Crippen LogP contribution >= 0.6 is 0 Å². The molecule has 0 atom stereocenters. The second-order valence-electron chi connectivity index (χ2n) is 6.02. The smallest absolute Gasteiger partial charge is 0.153 e. The Kier molecular flexibility index (Phi) is 4.76. The molecule has 0 aliphatic carbocycles. The van der Waals surface area contributed by atoms with Crippen molar-refractivity contribution in [1.82, 2.24) is 0 Å². The number of aryl methyl sites for hydroxylation is 2. The predicted octanol–water partition coefficient (Wildman–Crippen LogP) is 5.36. The van der Waals surface area contributed by atoms with E-state index in [4.69, 9.17) is 4.74 Å². The highest BCUT2D eigenvalue weighted by molar-refractivity contribution is 5.83. The zero-order valence-electron chi connectivity index (χ0n) is 14.0. The van der Waals surface area contributed by atoms with Crippen molar-refractivity contribution in [3.63, 3.8) is 0 Å². The predicted molar refractivity (Wildman–Crippen MR) is 97.5 cm³/mol. The lowest BCUT2D eigenvalue weighted by Crippen LogP contribution is -1.98. The summed E-state index contributed by atoms with van der Waals surface area (Å²) in [5.41, 5.74) is 6.21. The van der Waals surface area contributed by atoms with Crippen molar-refractivity contribution in [3.05, 3.63) is 89.0 Å². The lowest BCUT2D eigenvalue weighted by Gasteiger charge is -2.11. The first-order chi connectivity index (χ1) is 11.7. The Hall–Kier alpha value is -2.87. The summed E-state index contributed by atoms with van der Waals surface area (Å²) in [4.78, 5) is 11.5. The Morgan fingerprint density at radius 3 is 2.21 bits per heavy atom. The molecule has 3 aromatic carbocycles. The van der Waals surface area contributed by atoms with Gasteiger partial charge in [0.15, 0.2) is 6.29 Å². The van der Waals surface area contributed by atoms with E-state index >= 15 is 0 Å². The maximum Gasteiger partial charge on any atom is 0.153 e. The average Bonchev–Trinajstić information content (AvgIpc) is 2.60. The molecule has 0 amide bonds. The molecule has 120 valence electrons. The van der Waals surface area contributed by atoms with E-state index in [1.165, 1.54) is 11.1 Å². The first-order valence-corrected chi connectivity index (χ1v) is 8.00. The minimum absolute atomic E-state index is 0.449. The molecule has 24 heavy (non-hydrogen) atoms. The second-order valence-corrected chi connectivity index (χ2v) is 6.02. The van der Waals surface area contributed by atoms with E-state index in [2.05, 4.69) is 32.0 Å². The fourth-order valence-electron chi connectivity index (χ4n) is 2.83. The molecule has 0 saturated carbocycles. The molecule has 0 aliphatic heterocycles. The molecule has 3 aromatic rings. The lowest BCUT2D eigenvalue weighted by atomic mass is 9.99. The highest BCUT2D eigenvalue weighted by atomic mass is 16.5. The summed E-state index contributed by atoms with van der Waals surface area (Å²) in [5.74, 6) is 0.613. The average molecular weight is 316 g/mol. The van der Waals surface area contributed by atoms with Gasteiger partial charge in [0.1, 0.15) is 12.4 Å². The van der Waals surface area contributed by atoms with E-state index in [1.807, 2.05) is 48.5 Å². The van der Waals surface area contributed by atoms with Gasteiger partial charge in [0.25, 0.3) is 0 Å². The maximum atomic E-state index is 11.5. The molecule has 3 rings (SSSR count). The molecular formula is C22H20O2. The Balaban J connectivity index is 1.86. The van der Waals surface area contributed by atoms with Crippen LogP contribution in [0.4, 0.5) is 0 Å². The molecule has 0 saturated heterocycles. The largest absolute Gasteiger partial charge is 0.488 e. The van der Waals surface area contributed by atoms with E-state index in [1.54, 1.807) is 0 Å². The number of benzene rings is 3. The molecule has 0 aromatic heterocycles. The summed E-state index contributed by atoms with van der Waals surface area (Å²) >= 11 is 0. The number of aldehydes is 1. The molecule has 0 bridgehead atoms. The van der Waals surface area contributed by atoms with Gasteiger partial charge in [0.05, 0.1) is 5.56 Å². The third-order valence-corrected chi connectivity index (χ3v) is 3.93. The zero-order chi connectivity index (χ0) is 16.9. The van der Waals surface area contributed by atoms with Crippen molar-refractivity contribution in [2.75, 3.05) is 0 Å². The van der Waals surface area contributed by atoms with Gasteiger partial charge in [0.2, 0.25) is 0 Å². The number of hydrogen-bond donors (Lipinski definition) is 0. The first kappa shape index (κ1) is 16.0. The van der Waals surface area contributed by atoms with E-state index in [9.17, 15) is 4.79 Å². The van der Waals surface area contributed by atoms with Gasteiger partial charge in [-0.3, -0.25) is 4.79 Å². The van der Waals surface area contributed by atoms with Gasteiger partial charge < -0.3 is 4.74 Å². The van der Waals surface area contributed by atoms with Gasteiger partial charge in [-0.15, -0.1) is 0 Å². The summed E-state index contributed by atoms with van der Waals surface area (Å²) in [5, 5.41) is 0. The van der Waals surface area contributed by atoms with Crippen LogP contribution in [0.2, 0.25) is 0 Å². The molecule has 0 radical (unpaired) electrons. The number of hydrogen-bond acceptors (Lipinski definition) is 2. The quantitative estimate of drug-likeness (QED) is 0.592. The van der Waals surface area contributed by atoms with Crippen molar-refractivity contribution < 1.29 is 9.53 Å². The van der Waals surface area contributed by atoms with Gasteiger partial charge in [-0.2, -0.15) is 0 Å². The van der Waals surface area contributed by atoms with Crippen LogP contribution < -0.4 is 4.74 Å². The van der Waals surface area contributed by atoms with Gasteiger partial charge >= 0.3 is 0 Å². The molecule has 0 heterocycles. The normalized spacial score (nSPS) is 10.4. The number of carbonyl (C=O) groups excluding carboxylic acids is 1. The van der Waals surface area contributed by atoms with Crippen molar-refractivity contribution in [1.29, 1.82) is 0 Å². The Morgan fingerprint density at radius 1 is 0.833 bits per heavy atom. The Labute approximate surface area is 142 Å². The molecule has 0 aliphatic rings. The van der Waals surface area contributed by atoms with Crippen molar-refractivity contribution >= 4 is 6.29 Å². The van der Waals surface area contributed by atoms with Crippen LogP contribution in [0.15, 0.2) is 66.7 Å². The van der Waals surface area contributed by atoms with Gasteiger partial charge in [-0.05, 0) is 42.7 Å². The molecule has 0 unspecified atom stereocenters. The minimum Gasteiger partial charge on any atom is -0.488 e. The summed E-state index contributed by atoms with van der Waals surface area (Å²) in [6.07, 6.45) is 0.854. The zero-order valence-corrected chi connectivity index (χ0v) is 14.0. The van der Waals surface area contributed by atoms with Gasteiger partial charge in [-0.1, -0.05) is 65.7 Å². The van der Waals surface area contributed by atoms with Crippen LogP contribution in [0.3, 0.4) is 0 Å². The van der Waals surface area contributed by atoms with Crippen LogP contribution in [0, 0.1) is 13.8 Å². The van der Waals surface area contributed by atoms with Crippen LogP contribution in [0.5, 0.6) is 5.75 Å². The van der Waals surface area contributed by atoms with Gasteiger partial charge in [-0.25, -0.2) is 0 Å². The number of carbonyl (C=O) groups is 1. The summed E-state index contributed by atoms with van der Waals surface area (Å²) in [6.45, 7) is 4.60. The molecular weight excluding hydrogens is 296 g/mol. The minimum atomic E-state index is 0.449. The molecule has 0 N–H and O–H groups in total. The lowest BCUT2D eigenvalue weighted by molar-refractivity contribution is 0.111. The standard InChI is InChI=1S/C22H20O2/c1-16-10-17(2)12-20(11-16)19-8-9-22(21(13-19)14-23)24-15-18-6-4-3-5-7-18/h3-14H,15H2,1-2H3. The number of ether oxygens (including phenoxy) is 1. The summed E-state index contributed by atoms with van der Waals surface area (Å²) < 4.78 is 5.82. The Morgan fingerprint density at radius 2 is 1.54 bits per heavy atom. The first-order valence-electron chi connectivity index (χ1n) is 8.00. The monoisotopic (exact) mass is 316 g/mol. The third-order valence-electron chi connectivity index (χ3n) is 3.93. The van der Waals surface area contributed by atoms with Crippen LogP contribution in [0.25, 0.3) is 11.1 Å². The van der Waals surface area contributed by atoms with E-state index < -0.39 is 0 Å². The van der Waals surface area contributed by atoms with Crippen molar-refractivity contribution in [3.8, 4) is 16.9 Å². The third kappa shape index (κ3) is 3.72. The molecule has 0 fully saturated rings.